The molecule has 2 aliphatic heterocycles. The van der Waals surface area contributed by atoms with Crippen LogP contribution in [0.25, 0.3) is 84.4 Å². The molecule has 0 unspecified atom stereocenters. The van der Waals surface area contributed by atoms with E-state index in [-0.39, 0.29) is 12.3 Å². The first-order chi connectivity index (χ1) is 27.9. The third kappa shape index (κ3) is 4.20. The SMILES string of the molecule is CC(C)(C)c1ccc(N2c3cc4ccccc4c4c3B(c3ccc5sc6ccccc6c5c32)n2c3sc5ccccc5c3c3cccc-4c32)c(-c2ccccc2)c1. The highest BCUT2D eigenvalue weighted by Gasteiger charge is 2.45. The third-order valence-corrected chi connectivity index (χ3v) is 15.0. The first-order valence-corrected chi connectivity index (χ1v) is 21.5. The zero-order chi connectivity index (χ0) is 37.7. The molecule has 2 nitrogen and oxygen atoms in total. The molecule has 0 N–H and O–H groups in total. The minimum absolute atomic E-state index is 0.00890. The van der Waals surface area contributed by atoms with Gasteiger partial charge in [0.2, 0.25) is 0 Å². The molecule has 5 heterocycles. The van der Waals surface area contributed by atoms with Crippen molar-refractivity contribution in [2.75, 3.05) is 4.90 Å². The normalized spacial score (nSPS) is 13.5. The van der Waals surface area contributed by atoms with Gasteiger partial charge in [-0.1, -0.05) is 142 Å². The Morgan fingerprint density at radius 3 is 2.04 bits per heavy atom. The second-order valence-corrected chi connectivity index (χ2v) is 18.9. The summed E-state index contributed by atoms with van der Waals surface area (Å²) < 4.78 is 6.72. The molecule has 8 aromatic carbocycles. The highest BCUT2D eigenvalue weighted by atomic mass is 32.1. The fraction of sp³-hybridized carbons (Fsp3) is 0.0769. The number of nitrogens with zero attached hydrogens (tertiary/aromatic N) is 2. The van der Waals surface area contributed by atoms with E-state index in [1.165, 1.54) is 118 Å². The van der Waals surface area contributed by atoms with E-state index < -0.39 is 0 Å². The fourth-order valence-corrected chi connectivity index (χ4v) is 12.6. The van der Waals surface area contributed by atoms with Gasteiger partial charge in [0.05, 0.1) is 16.2 Å². The van der Waals surface area contributed by atoms with Gasteiger partial charge in [0, 0.05) is 63.4 Å². The van der Waals surface area contributed by atoms with Gasteiger partial charge in [-0.2, -0.15) is 0 Å². The molecule has 11 aromatic rings. The van der Waals surface area contributed by atoms with Crippen LogP contribution in [-0.4, -0.2) is 11.3 Å². The zero-order valence-electron chi connectivity index (χ0n) is 31.8. The Balaban J connectivity index is 1.26. The van der Waals surface area contributed by atoms with E-state index in [1.54, 1.807) is 0 Å². The molecule has 0 bridgehead atoms. The quantitative estimate of drug-likeness (QED) is 0.159. The van der Waals surface area contributed by atoms with Crippen LogP contribution in [0, 0.1) is 0 Å². The lowest BCUT2D eigenvalue weighted by molar-refractivity contribution is 0.590. The van der Waals surface area contributed by atoms with E-state index in [0.717, 1.165) is 0 Å². The van der Waals surface area contributed by atoms with Crippen LogP contribution in [-0.2, 0) is 5.41 Å². The Bertz CT molecular complexity index is 3530. The molecule has 13 rings (SSSR count). The number of benzene rings is 8. The number of hydrogen-bond acceptors (Lipinski definition) is 3. The Labute approximate surface area is 339 Å². The molecule has 3 aromatic heterocycles. The van der Waals surface area contributed by atoms with Gasteiger partial charge in [-0.05, 0) is 80.2 Å². The minimum Gasteiger partial charge on any atom is -0.367 e. The van der Waals surface area contributed by atoms with Crippen LogP contribution in [0.4, 0.5) is 17.1 Å². The Morgan fingerprint density at radius 2 is 1.23 bits per heavy atom. The van der Waals surface area contributed by atoms with Gasteiger partial charge in [-0.3, -0.25) is 0 Å². The molecule has 0 amide bonds. The van der Waals surface area contributed by atoms with E-state index >= 15 is 0 Å². The van der Waals surface area contributed by atoms with Crippen molar-refractivity contribution in [3.8, 4) is 22.3 Å². The van der Waals surface area contributed by atoms with Crippen molar-refractivity contribution in [2.24, 2.45) is 0 Å². The Kier molecular flexibility index (Phi) is 6.32. The summed E-state index contributed by atoms with van der Waals surface area (Å²) in [5.41, 5.74) is 14.3. The highest BCUT2D eigenvalue weighted by Crippen LogP contribution is 2.53. The van der Waals surface area contributed by atoms with Crippen LogP contribution in [0.2, 0.25) is 0 Å². The monoisotopic (exact) mass is 762 g/mol. The number of para-hydroxylation sites is 1. The third-order valence-electron chi connectivity index (χ3n) is 12.7. The van der Waals surface area contributed by atoms with Crippen molar-refractivity contribution in [2.45, 2.75) is 26.2 Å². The number of hydrogen-bond donors (Lipinski definition) is 0. The molecule has 268 valence electrons. The summed E-state index contributed by atoms with van der Waals surface area (Å²) in [5.74, 6) is 0. The number of anilines is 3. The van der Waals surface area contributed by atoms with E-state index in [2.05, 4.69) is 188 Å². The van der Waals surface area contributed by atoms with Crippen molar-refractivity contribution in [1.29, 1.82) is 0 Å². The summed E-state index contributed by atoms with van der Waals surface area (Å²) in [6, 6.07) is 59.8. The summed E-state index contributed by atoms with van der Waals surface area (Å²) in [5, 5.41) is 9.29. The van der Waals surface area contributed by atoms with E-state index in [4.69, 9.17) is 0 Å². The second kappa shape index (κ2) is 11.3. The largest absolute Gasteiger partial charge is 0.367 e. The number of rotatable bonds is 2. The molecule has 0 radical (unpaired) electrons. The molecular formula is C52H35BN2S2. The predicted octanol–water partition coefficient (Wildman–Crippen LogP) is 13.9. The fourth-order valence-electron chi connectivity index (χ4n) is 10.2. The molecule has 0 atom stereocenters. The van der Waals surface area contributed by atoms with Gasteiger partial charge < -0.3 is 9.38 Å². The van der Waals surface area contributed by atoms with Crippen molar-refractivity contribution < 1.29 is 0 Å². The van der Waals surface area contributed by atoms with Crippen molar-refractivity contribution >= 4 is 120 Å². The molecule has 2 aliphatic rings. The molecule has 0 spiro atoms. The Hall–Kier alpha value is -6.14. The van der Waals surface area contributed by atoms with Gasteiger partial charge in [0.25, 0.3) is 0 Å². The molecule has 57 heavy (non-hydrogen) atoms. The maximum Gasteiger partial charge on any atom is 0.333 e. The average Bonchev–Trinajstić information content (AvgIpc) is 3.91. The van der Waals surface area contributed by atoms with Crippen LogP contribution in [0.3, 0.4) is 0 Å². The molecule has 0 aliphatic carbocycles. The van der Waals surface area contributed by atoms with E-state index in [1.807, 2.05) is 22.7 Å². The highest BCUT2D eigenvalue weighted by molar-refractivity contribution is 7.26. The van der Waals surface area contributed by atoms with Gasteiger partial charge in [0.15, 0.2) is 0 Å². The van der Waals surface area contributed by atoms with Crippen LogP contribution in [0.15, 0.2) is 158 Å². The maximum absolute atomic E-state index is 2.74. The van der Waals surface area contributed by atoms with Crippen LogP contribution in [0.5, 0.6) is 0 Å². The van der Waals surface area contributed by atoms with E-state index in [9.17, 15) is 0 Å². The predicted molar refractivity (Wildman–Crippen MR) is 250 cm³/mol. The molecule has 0 fully saturated rings. The van der Waals surface area contributed by atoms with E-state index in [0.29, 0.717) is 0 Å². The van der Waals surface area contributed by atoms with Crippen LogP contribution in [0.1, 0.15) is 26.3 Å². The van der Waals surface area contributed by atoms with Crippen LogP contribution >= 0.6 is 22.7 Å². The smallest absolute Gasteiger partial charge is 0.333 e. The number of fused-ring (bicyclic) bond motifs is 15. The van der Waals surface area contributed by atoms with Crippen molar-refractivity contribution in [3.05, 3.63) is 163 Å². The summed E-state index contributed by atoms with van der Waals surface area (Å²) in [4.78, 5) is 4.02. The lowest BCUT2D eigenvalue weighted by atomic mass is 9.44. The number of aromatic nitrogens is 1. The van der Waals surface area contributed by atoms with Gasteiger partial charge in [-0.25, -0.2) is 0 Å². The van der Waals surface area contributed by atoms with Gasteiger partial charge in [-0.15, -0.1) is 22.7 Å². The zero-order valence-corrected chi connectivity index (χ0v) is 33.4. The molecular weight excluding hydrogens is 728 g/mol. The van der Waals surface area contributed by atoms with Crippen LogP contribution < -0.4 is 15.8 Å². The average molecular weight is 763 g/mol. The lowest BCUT2D eigenvalue weighted by Gasteiger charge is -2.42. The summed E-state index contributed by atoms with van der Waals surface area (Å²) in [6.07, 6.45) is 0. The topological polar surface area (TPSA) is 8.17 Å². The summed E-state index contributed by atoms with van der Waals surface area (Å²) >= 11 is 3.85. The molecule has 0 saturated heterocycles. The lowest BCUT2D eigenvalue weighted by Crippen LogP contribution is -2.56. The van der Waals surface area contributed by atoms with Gasteiger partial charge >= 0.3 is 6.85 Å². The molecule has 5 heteroatoms. The minimum atomic E-state index is -0.0223. The molecule has 0 saturated carbocycles. The standard InChI is InChI=1S/C52H35BN2S2/c1-52(2,3)32-24-26-40(38(29-32)30-14-5-4-6-15-30)54-41-28-31-16-7-8-17-33(31)45-36-20-13-21-37-46-34-18-9-12-23-43(34)57-51(46)55(49(36)37)53(48(41)45)39-25-27-44-47(50(39)54)35-19-10-11-22-42(35)56-44/h4-29H,1-3H3. The Morgan fingerprint density at radius 1 is 0.526 bits per heavy atom. The first-order valence-electron chi connectivity index (χ1n) is 19.9. The van der Waals surface area contributed by atoms with Gasteiger partial charge in [0.1, 0.15) is 0 Å². The van der Waals surface area contributed by atoms with Crippen molar-refractivity contribution in [3.63, 3.8) is 0 Å². The summed E-state index contributed by atoms with van der Waals surface area (Å²) in [7, 11) is 0. The van der Waals surface area contributed by atoms with Crippen molar-refractivity contribution in [1.82, 2.24) is 4.48 Å². The second-order valence-electron chi connectivity index (χ2n) is 16.8. The maximum atomic E-state index is 2.74. The number of thiophene rings is 2. The first kappa shape index (κ1) is 32.0. The summed E-state index contributed by atoms with van der Waals surface area (Å²) in [6.45, 7) is 6.94.